The average Bonchev–Trinajstić information content (AvgIpc) is 3.12. The molecule has 0 fully saturated rings. The van der Waals surface area contributed by atoms with Crippen LogP contribution in [0, 0.1) is 0 Å². The van der Waals surface area contributed by atoms with E-state index in [0.29, 0.717) is 34.0 Å². The maximum Gasteiger partial charge on any atom is 0.264 e. The number of nitrogens with zero attached hydrogens (tertiary/aromatic N) is 1. The van der Waals surface area contributed by atoms with Crippen LogP contribution in [0.3, 0.4) is 0 Å². The van der Waals surface area contributed by atoms with Gasteiger partial charge in [0.25, 0.3) is 5.91 Å². The first-order valence-corrected chi connectivity index (χ1v) is 10.2. The maximum atomic E-state index is 12.1. The summed E-state index contributed by atoms with van der Waals surface area (Å²) in [6.45, 7) is 2.41. The molecule has 1 N–H and O–H groups in total. The van der Waals surface area contributed by atoms with Crippen LogP contribution in [0.25, 0.3) is 0 Å². The number of hydrogen-bond donors (Lipinski definition) is 1. The van der Waals surface area contributed by atoms with Crippen LogP contribution < -0.4 is 14.8 Å². The lowest BCUT2D eigenvalue weighted by atomic mass is 10.1. The third-order valence-electron chi connectivity index (χ3n) is 3.70. The summed E-state index contributed by atoms with van der Waals surface area (Å²) in [5.74, 6) is 1.07. The summed E-state index contributed by atoms with van der Waals surface area (Å²) in [4.78, 5) is 17.3. The molecule has 0 unspecified atom stereocenters. The molecule has 1 amide bonds. The number of hydrogen-bond acceptors (Lipinski definition) is 5. The van der Waals surface area contributed by atoms with Gasteiger partial charge in [-0.25, -0.2) is 4.98 Å². The van der Waals surface area contributed by atoms with E-state index in [9.17, 15) is 4.79 Å². The standard InChI is InChI=1S/C20H18Cl2N2O3S/c1-2-26-14-6-8-15(9-7-14)27-12-18(25)24-20-23-11-16(28-20)10-13-4-3-5-17(21)19(13)22/h3-9,11H,2,10,12H2,1H3,(H,23,24,25). The van der Waals surface area contributed by atoms with Gasteiger partial charge in [-0.3, -0.25) is 10.1 Å². The second-order valence-electron chi connectivity index (χ2n) is 5.76. The fraction of sp³-hybridized carbons (Fsp3) is 0.200. The van der Waals surface area contributed by atoms with E-state index in [1.54, 1.807) is 36.5 Å². The Morgan fingerprint density at radius 1 is 1.11 bits per heavy atom. The first-order chi connectivity index (χ1) is 13.5. The summed E-state index contributed by atoms with van der Waals surface area (Å²) < 4.78 is 10.8. The normalized spacial score (nSPS) is 10.5. The molecule has 3 aromatic rings. The van der Waals surface area contributed by atoms with Gasteiger partial charge in [0.05, 0.1) is 16.7 Å². The van der Waals surface area contributed by atoms with Crippen LogP contribution in [0.15, 0.2) is 48.7 Å². The van der Waals surface area contributed by atoms with Crippen molar-refractivity contribution >= 4 is 45.6 Å². The van der Waals surface area contributed by atoms with Gasteiger partial charge in [0.2, 0.25) is 0 Å². The number of aromatic nitrogens is 1. The molecule has 0 atom stereocenters. The Hall–Kier alpha value is -2.28. The minimum Gasteiger partial charge on any atom is -0.494 e. The van der Waals surface area contributed by atoms with E-state index in [2.05, 4.69) is 10.3 Å². The number of carbonyl (C=O) groups excluding carboxylic acids is 1. The lowest BCUT2D eigenvalue weighted by Crippen LogP contribution is -2.19. The highest BCUT2D eigenvalue weighted by Gasteiger charge is 2.10. The van der Waals surface area contributed by atoms with Gasteiger partial charge in [0.1, 0.15) is 11.5 Å². The molecule has 0 aliphatic rings. The van der Waals surface area contributed by atoms with Crippen molar-refractivity contribution in [2.75, 3.05) is 18.5 Å². The van der Waals surface area contributed by atoms with Crippen LogP contribution in [-0.2, 0) is 11.2 Å². The molecule has 0 radical (unpaired) electrons. The van der Waals surface area contributed by atoms with Crippen LogP contribution in [-0.4, -0.2) is 24.1 Å². The fourth-order valence-corrected chi connectivity index (χ4v) is 3.66. The predicted molar refractivity (Wildman–Crippen MR) is 113 cm³/mol. The fourth-order valence-electron chi connectivity index (χ4n) is 2.42. The highest BCUT2D eigenvalue weighted by Crippen LogP contribution is 2.29. The summed E-state index contributed by atoms with van der Waals surface area (Å²) in [7, 11) is 0. The number of carbonyl (C=O) groups is 1. The smallest absolute Gasteiger partial charge is 0.264 e. The topological polar surface area (TPSA) is 60.5 Å². The van der Waals surface area contributed by atoms with Crippen LogP contribution in [0.4, 0.5) is 5.13 Å². The predicted octanol–water partition coefficient (Wildman–Crippen LogP) is 5.46. The van der Waals surface area contributed by atoms with E-state index in [4.69, 9.17) is 32.7 Å². The Morgan fingerprint density at radius 2 is 1.82 bits per heavy atom. The number of halogens is 2. The minimum absolute atomic E-state index is 0.108. The van der Waals surface area contributed by atoms with Crippen LogP contribution in [0.5, 0.6) is 11.5 Å². The zero-order chi connectivity index (χ0) is 19.9. The largest absolute Gasteiger partial charge is 0.494 e. The lowest BCUT2D eigenvalue weighted by molar-refractivity contribution is -0.118. The van der Waals surface area contributed by atoms with Crippen molar-refractivity contribution in [1.29, 1.82) is 0 Å². The first kappa shape index (κ1) is 20.5. The van der Waals surface area contributed by atoms with Crippen LogP contribution >= 0.6 is 34.5 Å². The highest BCUT2D eigenvalue weighted by molar-refractivity contribution is 7.15. The molecule has 1 heterocycles. The van der Waals surface area contributed by atoms with Crippen molar-refractivity contribution in [2.45, 2.75) is 13.3 Å². The van der Waals surface area contributed by atoms with Gasteiger partial charge in [-0.05, 0) is 42.8 Å². The molecule has 0 saturated carbocycles. The Morgan fingerprint density at radius 3 is 2.54 bits per heavy atom. The van der Waals surface area contributed by atoms with E-state index >= 15 is 0 Å². The summed E-state index contributed by atoms with van der Waals surface area (Å²) in [5, 5.41) is 4.30. The van der Waals surface area contributed by atoms with E-state index in [1.807, 2.05) is 19.1 Å². The molecule has 0 spiro atoms. The Balaban J connectivity index is 1.51. The lowest BCUT2D eigenvalue weighted by Gasteiger charge is -2.07. The zero-order valence-corrected chi connectivity index (χ0v) is 17.4. The van der Waals surface area contributed by atoms with Gasteiger partial charge in [-0.2, -0.15) is 0 Å². The number of nitrogens with one attached hydrogen (secondary N) is 1. The minimum atomic E-state index is -0.282. The Labute approximate surface area is 177 Å². The van der Waals surface area contributed by atoms with Crippen molar-refractivity contribution in [3.05, 3.63) is 69.1 Å². The van der Waals surface area contributed by atoms with Crippen LogP contribution in [0.1, 0.15) is 17.4 Å². The molecule has 28 heavy (non-hydrogen) atoms. The van der Waals surface area contributed by atoms with E-state index < -0.39 is 0 Å². The van der Waals surface area contributed by atoms with E-state index in [-0.39, 0.29) is 12.5 Å². The SMILES string of the molecule is CCOc1ccc(OCC(=O)Nc2ncc(Cc3cccc(Cl)c3Cl)s2)cc1. The second-order valence-corrected chi connectivity index (χ2v) is 7.66. The highest BCUT2D eigenvalue weighted by atomic mass is 35.5. The number of anilines is 1. The molecule has 146 valence electrons. The average molecular weight is 437 g/mol. The van der Waals surface area contributed by atoms with Crippen molar-refractivity contribution < 1.29 is 14.3 Å². The molecule has 3 rings (SSSR count). The summed E-state index contributed by atoms with van der Waals surface area (Å²) in [6.07, 6.45) is 2.31. The quantitative estimate of drug-likeness (QED) is 0.509. The van der Waals surface area contributed by atoms with Gasteiger partial charge in [0, 0.05) is 17.5 Å². The van der Waals surface area contributed by atoms with E-state index in [0.717, 1.165) is 16.2 Å². The molecular formula is C20H18Cl2N2O3S. The van der Waals surface area contributed by atoms with Crippen molar-refractivity contribution in [1.82, 2.24) is 4.98 Å². The maximum absolute atomic E-state index is 12.1. The Bertz CT molecular complexity index is 945. The van der Waals surface area contributed by atoms with Gasteiger partial charge in [0.15, 0.2) is 11.7 Å². The Kier molecular flexibility index (Phi) is 7.14. The molecule has 1 aromatic heterocycles. The molecule has 8 heteroatoms. The molecule has 2 aromatic carbocycles. The number of rotatable bonds is 8. The second kappa shape index (κ2) is 9.78. The molecule has 0 bridgehead atoms. The summed E-state index contributed by atoms with van der Waals surface area (Å²) in [5.41, 5.74) is 0.912. The molecular weight excluding hydrogens is 419 g/mol. The number of ether oxygens (including phenoxy) is 2. The third kappa shape index (κ3) is 5.61. The van der Waals surface area contributed by atoms with Crippen molar-refractivity contribution in [3.63, 3.8) is 0 Å². The number of thiazole rings is 1. The van der Waals surface area contributed by atoms with Crippen molar-refractivity contribution in [3.8, 4) is 11.5 Å². The van der Waals surface area contributed by atoms with E-state index in [1.165, 1.54) is 11.3 Å². The summed E-state index contributed by atoms with van der Waals surface area (Å²) in [6, 6.07) is 12.6. The van der Waals surface area contributed by atoms with Gasteiger partial charge >= 0.3 is 0 Å². The zero-order valence-electron chi connectivity index (χ0n) is 15.1. The number of benzene rings is 2. The molecule has 0 saturated heterocycles. The van der Waals surface area contributed by atoms with Crippen LogP contribution in [0.2, 0.25) is 10.0 Å². The monoisotopic (exact) mass is 436 g/mol. The molecule has 5 nitrogen and oxygen atoms in total. The van der Waals surface area contributed by atoms with Gasteiger partial charge < -0.3 is 9.47 Å². The third-order valence-corrected chi connectivity index (χ3v) is 5.47. The van der Waals surface area contributed by atoms with Gasteiger partial charge in [-0.1, -0.05) is 35.3 Å². The van der Waals surface area contributed by atoms with Gasteiger partial charge in [-0.15, -0.1) is 11.3 Å². The summed E-state index contributed by atoms with van der Waals surface area (Å²) >= 11 is 13.6. The number of amides is 1. The molecule has 0 aliphatic heterocycles. The van der Waals surface area contributed by atoms with Crippen molar-refractivity contribution in [2.24, 2.45) is 0 Å². The first-order valence-electron chi connectivity index (χ1n) is 8.58. The molecule has 0 aliphatic carbocycles.